The summed E-state index contributed by atoms with van der Waals surface area (Å²) in [7, 11) is 0. The Balaban J connectivity index is 1.94. The van der Waals surface area contributed by atoms with E-state index in [9.17, 15) is 4.79 Å². The van der Waals surface area contributed by atoms with Crippen molar-refractivity contribution in [2.45, 2.75) is 71.1 Å². The van der Waals surface area contributed by atoms with E-state index in [1.54, 1.807) is 0 Å². The van der Waals surface area contributed by atoms with Crippen molar-refractivity contribution in [3.63, 3.8) is 0 Å². The first-order valence-corrected chi connectivity index (χ1v) is 8.33. The van der Waals surface area contributed by atoms with Crippen molar-refractivity contribution in [1.82, 2.24) is 10.2 Å². The number of unbranched alkanes of at least 4 members (excludes halogenated alkanes) is 5. The van der Waals surface area contributed by atoms with Crippen molar-refractivity contribution in [3.05, 3.63) is 0 Å². The lowest BCUT2D eigenvalue weighted by Crippen LogP contribution is -2.38. The van der Waals surface area contributed by atoms with Crippen LogP contribution in [0.15, 0.2) is 0 Å². The first kappa shape index (κ1) is 16.5. The van der Waals surface area contributed by atoms with Crippen molar-refractivity contribution in [2.75, 3.05) is 26.2 Å². The number of carbonyl (C=O) groups is 1. The molecule has 1 aliphatic rings. The van der Waals surface area contributed by atoms with Crippen LogP contribution in [0.2, 0.25) is 0 Å². The van der Waals surface area contributed by atoms with Gasteiger partial charge in [-0.15, -0.1) is 0 Å². The van der Waals surface area contributed by atoms with Gasteiger partial charge in [-0.25, -0.2) is 0 Å². The van der Waals surface area contributed by atoms with Crippen LogP contribution in [0.4, 0.5) is 0 Å². The minimum Gasteiger partial charge on any atom is -0.342 e. The van der Waals surface area contributed by atoms with Crippen LogP contribution < -0.4 is 5.32 Å². The molecule has 1 aliphatic heterocycles. The van der Waals surface area contributed by atoms with Crippen LogP contribution in [0, 0.1) is 0 Å². The molecule has 1 heterocycles. The van der Waals surface area contributed by atoms with Gasteiger partial charge in [0.05, 0.1) is 6.54 Å². The molecule has 1 N–H and O–H groups in total. The predicted octanol–water partition coefficient (Wildman–Crippen LogP) is 3.34. The molecule has 3 heteroatoms. The highest BCUT2D eigenvalue weighted by Gasteiger charge is 2.14. The molecule has 1 saturated heterocycles. The van der Waals surface area contributed by atoms with Crippen LogP contribution in [0.3, 0.4) is 0 Å². The summed E-state index contributed by atoms with van der Waals surface area (Å²) in [5, 5.41) is 3.30. The number of rotatable bonds is 9. The summed E-state index contributed by atoms with van der Waals surface area (Å²) in [6, 6.07) is 0. The highest BCUT2D eigenvalue weighted by atomic mass is 16.2. The largest absolute Gasteiger partial charge is 0.342 e. The monoisotopic (exact) mass is 268 g/mol. The third-order valence-corrected chi connectivity index (χ3v) is 3.94. The summed E-state index contributed by atoms with van der Waals surface area (Å²) in [5.74, 6) is 0.299. The summed E-state index contributed by atoms with van der Waals surface area (Å²) >= 11 is 0. The highest BCUT2D eigenvalue weighted by Crippen LogP contribution is 2.09. The van der Waals surface area contributed by atoms with E-state index in [1.165, 1.54) is 64.2 Å². The van der Waals surface area contributed by atoms with E-state index in [2.05, 4.69) is 12.2 Å². The minimum absolute atomic E-state index is 0.299. The Morgan fingerprint density at radius 1 is 0.947 bits per heavy atom. The average molecular weight is 268 g/mol. The molecule has 3 nitrogen and oxygen atoms in total. The molecule has 1 rings (SSSR count). The van der Waals surface area contributed by atoms with E-state index in [-0.39, 0.29) is 0 Å². The number of carbonyl (C=O) groups excluding carboxylic acids is 1. The third-order valence-electron chi connectivity index (χ3n) is 3.94. The van der Waals surface area contributed by atoms with Gasteiger partial charge in [0.2, 0.25) is 5.91 Å². The molecule has 0 aromatic carbocycles. The van der Waals surface area contributed by atoms with Gasteiger partial charge in [-0.3, -0.25) is 4.79 Å². The van der Waals surface area contributed by atoms with Crippen LogP contribution in [0.5, 0.6) is 0 Å². The van der Waals surface area contributed by atoms with Gasteiger partial charge >= 0.3 is 0 Å². The highest BCUT2D eigenvalue weighted by molar-refractivity contribution is 5.78. The molecule has 0 saturated carbocycles. The molecule has 112 valence electrons. The van der Waals surface area contributed by atoms with Crippen LogP contribution in [-0.4, -0.2) is 37.0 Å². The van der Waals surface area contributed by atoms with Gasteiger partial charge in [0.25, 0.3) is 0 Å². The smallest absolute Gasteiger partial charge is 0.236 e. The fraction of sp³-hybridized carbons (Fsp3) is 0.938. The summed E-state index contributed by atoms with van der Waals surface area (Å²) in [4.78, 5) is 14.0. The Morgan fingerprint density at radius 3 is 2.26 bits per heavy atom. The van der Waals surface area contributed by atoms with Crippen molar-refractivity contribution < 1.29 is 4.79 Å². The van der Waals surface area contributed by atoms with Crippen molar-refractivity contribution in [1.29, 1.82) is 0 Å². The number of hydrogen-bond acceptors (Lipinski definition) is 2. The summed E-state index contributed by atoms with van der Waals surface area (Å²) < 4.78 is 0. The maximum atomic E-state index is 12.0. The summed E-state index contributed by atoms with van der Waals surface area (Å²) in [6.45, 7) is 5.71. The molecule has 0 radical (unpaired) electrons. The number of amides is 1. The first-order valence-electron chi connectivity index (χ1n) is 8.33. The molecular weight excluding hydrogens is 236 g/mol. The van der Waals surface area contributed by atoms with E-state index < -0.39 is 0 Å². The second kappa shape index (κ2) is 11.3. The van der Waals surface area contributed by atoms with Gasteiger partial charge in [0, 0.05) is 13.1 Å². The van der Waals surface area contributed by atoms with Gasteiger partial charge in [0.1, 0.15) is 0 Å². The van der Waals surface area contributed by atoms with E-state index in [1.807, 2.05) is 4.90 Å². The van der Waals surface area contributed by atoms with Crippen molar-refractivity contribution >= 4 is 5.91 Å². The van der Waals surface area contributed by atoms with Crippen LogP contribution in [0.25, 0.3) is 0 Å². The SMILES string of the molecule is CCCCCCCCNCC(=O)N1CCCCCC1. The van der Waals surface area contributed by atoms with Crippen LogP contribution >= 0.6 is 0 Å². The fourth-order valence-corrected chi connectivity index (χ4v) is 2.66. The molecule has 19 heavy (non-hydrogen) atoms. The molecule has 1 amide bonds. The maximum Gasteiger partial charge on any atom is 0.236 e. The predicted molar refractivity (Wildman–Crippen MR) is 81.3 cm³/mol. The molecule has 0 aliphatic carbocycles. The fourth-order valence-electron chi connectivity index (χ4n) is 2.66. The van der Waals surface area contributed by atoms with Gasteiger partial charge in [-0.2, -0.15) is 0 Å². The third kappa shape index (κ3) is 8.25. The number of hydrogen-bond donors (Lipinski definition) is 1. The summed E-state index contributed by atoms with van der Waals surface area (Å²) in [6.07, 6.45) is 12.8. The lowest BCUT2D eigenvalue weighted by atomic mass is 10.1. The Bertz CT molecular complexity index is 223. The molecular formula is C16H32N2O. The second-order valence-electron chi connectivity index (χ2n) is 5.74. The van der Waals surface area contributed by atoms with E-state index in [0.717, 1.165) is 19.6 Å². The normalized spacial score (nSPS) is 16.4. The molecule has 0 aromatic rings. The summed E-state index contributed by atoms with van der Waals surface area (Å²) in [5.41, 5.74) is 0. The molecule has 0 unspecified atom stereocenters. The number of likely N-dealkylation sites (tertiary alicyclic amines) is 1. The minimum atomic E-state index is 0.299. The number of nitrogens with zero attached hydrogens (tertiary/aromatic N) is 1. The Kier molecular flexibility index (Phi) is 9.78. The maximum absolute atomic E-state index is 12.0. The quantitative estimate of drug-likeness (QED) is 0.650. The molecule has 1 fully saturated rings. The first-order chi connectivity index (χ1) is 9.34. The second-order valence-corrected chi connectivity index (χ2v) is 5.74. The van der Waals surface area contributed by atoms with Gasteiger partial charge in [-0.1, -0.05) is 51.9 Å². The van der Waals surface area contributed by atoms with Gasteiger partial charge in [-0.05, 0) is 25.8 Å². The zero-order valence-electron chi connectivity index (χ0n) is 12.8. The lowest BCUT2D eigenvalue weighted by molar-refractivity contribution is -0.130. The van der Waals surface area contributed by atoms with Crippen LogP contribution in [-0.2, 0) is 4.79 Å². The van der Waals surface area contributed by atoms with Crippen LogP contribution in [0.1, 0.15) is 71.1 Å². The lowest BCUT2D eigenvalue weighted by Gasteiger charge is -2.20. The standard InChI is InChI=1S/C16H32N2O/c1-2-3-4-5-6-9-12-17-15-16(19)18-13-10-7-8-11-14-18/h17H,2-15H2,1H3. The average Bonchev–Trinajstić information content (AvgIpc) is 2.70. The molecule has 0 aromatic heterocycles. The van der Waals surface area contributed by atoms with Gasteiger partial charge < -0.3 is 10.2 Å². The Labute approximate surface area is 119 Å². The molecule has 0 bridgehead atoms. The topological polar surface area (TPSA) is 32.3 Å². The molecule has 0 spiro atoms. The number of nitrogens with one attached hydrogen (secondary N) is 1. The Hall–Kier alpha value is -0.570. The molecule has 0 atom stereocenters. The zero-order chi connectivity index (χ0) is 13.8. The Morgan fingerprint density at radius 2 is 1.58 bits per heavy atom. The zero-order valence-corrected chi connectivity index (χ0v) is 12.8. The van der Waals surface area contributed by atoms with E-state index in [0.29, 0.717) is 12.5 Å². The van der Waals surface area contributed by atoms with E-state index >= 15 is 0 Å². The van der Waals surface area contributed by atoms with Crippen molar-refractivity contribution in [2.24, 2.45) is 0 Å². The van der Waals surface area contributed by atoms with E-state index in [4.69, 9.17) is 0 Å². The van der Waals surface area contributed by atoms with Crippen molar-refractivity contribution in [3.8, 4) is 0 Å². The van der Waals surface area contributed by atoms with Gasteiger partial charge in [0.15, 0.2) is 0 Å².